The smallest absolute Gasteiger partial charge is 0.762 e. The Morgan fingerprint density at radius 1 is 0.417 bits per heavy atom. The zero-order chi connectivity index (χ0) is 24.8. The van der Waals surface area contributed by atoms with E-state index in [1.54, 1.807) is 128 Å². The summed E-state index contributed by atoms with van der Waals surface area (Å²) in [7, 11) is -7.38. The van der Waals surface area contributed by atoms with E-state index in [4.69, 9.17) is 0 Å². The molecule has 0 N–H and O–H groups in total. The molecule has 36 heavy (non-hydrogen) atoms. The minimum absolute atomic E-state index is 0. The van der Waals surface area contributed by atoms with Crippen LogP contribution in [0.15, 0.2) is 0 Å². The number of halogens is 8. The molecule has 4 rings (SSSR count). The van der Waals surface area contributed by atoms with Crippen LogP contribution >= 0.6 is 15.8 Å². The zero-order valence-corrected chi connectivity index (χ0v) is 23.6. The molecule has 0 spiro atoms. The zero-order valence-electron chi connectivity index (χ0n) is 21.6. The summed E-state index contributed by atoms with van der Waals surface area (Å²) in [4.78, 5) is 0. The highest BCUT2D eigenvalue weighted by atomic mass is 31.1. The molecule has 4 aliphatic rings. The minimum atomic E-state index is -3.67. The van der Waals surface area contributed by atoms with Gasteiger partial charge in [-0.1, -0.05) is 0 Å². The summed E-state index contributed by atoms with van der Waals surface area (Å²) in [5.41, 5.74) is 4.94. The standard InChI is InChI=1S/C24H44P2.2BF3.2FH/c1-2-12-21(11-1)25(22-13-3-4-14-22)19-9-10-20-26(23-15-5-6-16-23)24-17-7-8-18-24;2*2-1(3)4;;/h21-24H,1-20H2;;;2*1H. The molecule has 12 heteroatoms. The van der Waals surface area contributed by atoms with E-state index >= 15 is 0 Å². The van der Waals surface area contributed by atoms with Crippen molar-refractivity contribution in [1.29, 1.82) is 0 Å². The van der Waals surface area contributed by atoms with Gasteiger partial charge in [0.05, 0.1) is 35.0 Å². The molecule has 0 heterocycles. The second kappa shape index (κ2) is 21.3. The van der Waals surface area contributed by atoms with Gasteiger partial charge in [-0.05, 0) is 116 Å². The maximum absolute atomic E-state index is 9.67. The van der Waals surface area contributed by atoms with Crippen molar-refractivity contribution in [3.8, 4) is 0 Å². The highest BCUT2D eigenvalue weighted by molar-refractivity contribution is 7.59. The SMILES string of the molecule is C1CCC([PH+](CCCC[PH+](C2CCCC2)C2CCCC2)C2CCCC2)C1.FB(F)F.FB(F)F.[F-].[F-]. The van der Waals surface area contributed by atoms with Gasteiger partial charge in [-0.3, -0.25) is 25.9 Å². The van der Waals surface area contributed by atoms with E-state index in [1.807, 2.05) is 0 Å². The average Bonchev–Trinajstić information content (AvgIpc) is 3.57. The summed E-state index contributed by atoms with van der Waals surface area (Å²) in [6, 6.07) is 0. The molecular formula is C24H46B2F8P2. The summed E-state index contributed by atoms with van der Waals surface area (Å²) >= 11 is 0. The van der Waals surface area contributed by atoms with Crippen molar-refractivity contribution in [2.75, 3.05) is 12.3 Å². The molecule has 0 saturated heterocycles. The van der Waals surface area contributed by atoms with Crippen LogP contribution in [0.1, 0.15) is 116 Å². The van der Waals surface area contributed by atoms with Crippen LogP contribution < -0.4 is 9.41 Å². The predicted molar refractivity (Wildman–Crippen MR) is 143 cm³/mol. The third-order valence-electron chi connectivity index (χ3n) is 8.70. The molecule has 4 saturated carbocycles. The van der Waals surface area contributed by atoms with Gasteiger partial charge in [0.1, 0.15) is 0 Å². The van der Waals surface area contributed by atoms with E-state index in [1.165, 1.54) is 22.6 Å². The van der Waals surface area contributed by atoms with Crippen LogP contribution in [-0.2, 0) is 0 Å². The third-order valence-corrected chi connectivity index (χ3v) is 17.1. The summed E-state index contributed by atoms with van der Waals surface area (Å²) in [6.07, 6.45) is 32.3. The van der Waals surface area contributed by atoms with Gasteiger partial charge in [-0.15, -0.1) is 0 Å². The van der Waals surface area contributed by atoms with Crippen LogP contribution in [0.25, 0.3) is 0 Å². The second-order valence-electron chi connectivity index (χ2n) is 10.8. The molecule has 0 amide bonds. The van der Waals surface area contributed by atoms with E-state index in [-0.39, 0.29) is 25.3 Å². The molecule has 0 aromatic rings. The third kappa shape index (κ3) is 14.5. The van der Waals surface area contributed by atoms with Crippen LogP contribution in [0.3, 0.4) is 0 Å². The predicted octanol–water partition coefficient (Wildman–Crippen LogP) is 3.73. The van der Waals surface area contributed by atoms with Crippen molar-refractivity contribution >= 4 is 30.9 Å². The van der Waals surface area contributed by atoms with Gasteiger partial charge in [0.15, 0.2) is 0 Å². The molecule has 4 fully saturated rings. The Balaban J connectivity index is 0.00000108. The van der Waals surface area contributed by atoms with Crippen LogP contribution in [0.2, 0.25) is 0 Å². The van der Waals surface area contributed by atoms with E-state index in [0.717, 1.165) is 0 Å². The van der Waals surface area contributed by atoms with Gasteiger partial charge in [0.25, 0.3) is 0 Å². The Hall–Kier alpha value is 0.430. The Kier molecular flexibility index (Phi) is 21.5. The number of hydrogen-bond acceptors (Lipinski definition) is 0. The van der Waals surface area contributed by atoms with E-state index in [0.29, 0.717) is 0 Å². The summed E-state index contributed by atoms with van der Waals surface area (Å²) in [5, 5.41) is 0. The Morgan fingerprint density at radius 3 is 0.750 bits per heavy atom. The molecular weight excluding hydrogens is 524 g/mol. The highest BCUT2D eigenvalue weighted by Gasteiger charge is 2.40. The van der Waals surface area contributed by atoms with E-state index in [2.05, 4.69) is 0 Å². The largest absolute Gasteiger partial charge is 1.00 e. The van der Waals surface area contributed by atoms with Crippen LogP contribution in [0, 0.1) is 0 Å². The average molecular weight is 570 g/mol. The van der Waals surface area contributed by atoms with Crippen molar-refractivity contribution in [3.05, 3.63) is 0 Å². The molecule has 214 valence electrons. The topological polar surface area (TPSA) is 0 Å². The maximum Gasteiger partial charge on any atom is 0.762 e. The lowest BCUT2D eigenvalue weighted by atomic mass is 10.3. The lowest BCUT2D eigenvalue weighted by molar-refractivity contribution is -0.00100. The fourth-order valence-corrected chi connectivity index (χ4v) is 16.2. The van der Waals surface area contributed by atoms with Crippen molar-refractivity contribution in [3.63, 3.8) is 0 Å². The van der Waals surface area contributed by atoms with E-state index in [9.17, 15) is 25.9 Å². The van der Waals surface area contributed by atoms with Crippen molar-refractivity contribution in [2.24, 2.45) is 0 Å². The first-order chi connectivity index (χ1) is 16.4. The Bertz CT molecular complexity index is 419. The molecule has 0 aromatic heterocycles. The quantitative estimate of drug-likeness (QED) is 0.172. The Labute approximate surface area is 217 Å². The van der Waals surface area contributed by atoms with Gasteiger partial charge >= 0.3 is 15.1 Å². The Morgan fingerprint density at radius 2 is 0.583 bits per heavy atom. The van der Waals surface area contributed by atoms with Gasteiger partial charge in [0, 0.05) is 15.8 Å². The molecule has 0 aromatic carbocycles. The van der Waals surface area contributed by atoms with E-state index < -0.39 is 15.1 Å². The van der Waals surface area contributed by atoms with Crippen LogP contribution in [-0.4, -0.2) is 50.0 Å². The van der Waals surface area contributed by atoms with Gasteiger partial charge in [-0.2, -0.15) is 0 Å². The lowest BCUT2D eigenvalue weighted by Gasteiger charge is -2.24. The van der Waals surface area contributed by atoms with Gasteiger partial charge in [-0.25, -0.2) is 0 Å². The van der Waals surface area contributed by atoms with Crippen molar-refractivity contribution in [1.82, 2.24) is 0 Å². The van der Waals surface area contributed by atoms with Gasteiger partial charge < -0.3 is 9.41 Å². The monoisotopic (exact) mass is 570 g/mol. The fraction of sp³-hybridized carbons (Fsp3) is 1.00. The number of unbranched alkanes of at least 4 members (excludes halogenated alkanes) is 1. The normalized spacial score (nSPS) is 21.0. The fourth-order valence-electron chi connectivity index (χ4n) is 7.33. The molecule has 0 atom stereocenters. The molecule has 0 nitrogen and oxygen atoms in total. The minimum Gasteiger partial charge on any atom is -1.00 e. The lowest BCUT2D eigenvalue weighted by Crippen LogP contribution is -3.00. The molecule has 4 aliphatic carbocycles. The van der Waals surface area contributed by atoms with Crippen LogP contribution in [0.4, 0.5) is 25.9 Å². The molecule has 0 radical (unpaired) electrons. The maximum atomic E-state index is 9.67. The summed E-state index contributed by atoms with van der Waals surface area (Å²) in [6.45, 7) is 0. The first kappa shape index (κ1) is 36.4. The number of rotatable bonds is 9. The first-order valence-electron chi connectivity index (χ1n) is 13.9. The molecule has 0 bridgehead atoms. The van der Waals surface area contributed by atoms with Gasteiger partial charge in [0.2, 0.25) is 0 Å². The molecule has 0 unspecified atom stereocenters. The highest BCUT2D eigenvalue weighted by Crippen LogP contribution is 2.59. The molecule has 0 aliphatic heterocycles. The summed E-state index contributed by atoms with van der Waals surface area (Å²) < 4.78 is 58.0. The summed E-state index contributed by atoms with van der Waals surface area (Å²) in [5.74, 6) is 0. The van der Waals surface area contributed by atoms with Crippen LogP contribution in [0.5, 0.6) is 0 Å². The second-order valence-corrected chi connectivity index (χ2v) is 17.3. The first-order valence-corrected chi connectivity index (χ1v) is 17.7. The van der Waals surface area contributed by atoms with Crippen molar-refractivity contribution < 1.29 is 35.3 Å². The number of hydrogen-bond donors (Lipinski definition) is 0. The van der Waals surface area contributed by atoms with Crippen molar-refractivity contribution in [2.45, 2.75) is 138 Å².